The van der Waals surface area contributed by atoms with E-state index in [-0.39, 0.29) is 0 Å². The molecule has 1 unspecified atom stereocenters. The minimum Gasteiger partial charge on any atom is -0.376 e. The molecule has 3 nitrogen and oxygen atoms in total. The molecule has 1 heterocycles. The lowest BCUT2D eigenvalue weighted by Crippen LogP contribution is -2.27. The first kappa shape index (κ1) is 13.2. The number of ether oxygens (including phenoxy) is 1. The molecular weight excluding hydrogens is 232 g/mol. The van der Waals surface area contributed by atoms with E-state index in [1.54, 1.807) is 0 Å². The van der Waals surface area contributed by atoms with Crippen LogP contribution in [-0.2, 0) is 4.74 Å². The molecule has 0 amide bonds. The summed E-state index contributed by atoms with van der Waals surface area (Å²) in [5, 5.41) is 5.18. The molecule has 1 aliphatic heterocycles. The maximum atomic E-state index is 5.87. The topological polar surface area (TPSA) is 33.6 Å². The average molecular weight is 256 g/mol. The van der Waals surface area contributed by atoms with Crippen LogP contribution in [0.4, 0.5) is 0 Å². The molecule has 1 atom stereocenters. The molecule has 1 aliphatic carbocycles. The first-order valence-corrected chi connectivity index (χ1v) is 7.83. The maximum absolute atomic E-state index is 5.87. The highest BCUT2D eigenvalue weighted by Crippen LogP contribution is 2.22. The van der Waals surface area contributed by atoms with E-state index in [0.29, 0.717) is 11.4 Å². The van der Waals surface area contributed by atoms with Gasteiger partial charge in [-0.05, 0) is 19.3 Å². The minimum atomic E-state index is 0.520. The molecular formula is C13H24N2OS. The van der Waals surface area contributed by atoms with Crippen LogP contribution in [-0.4, -0.2) is 36.2 Å². The molecule has 0 spiro atoms. The number of rotatable bonds is 5. The van der Waals surface area contributed by atoms with E-state index in [1.165, 1.54) is 38.5 Å². The van der Waals surface area contributed by atoms with E-state index < -0.39 is 0 Å². The Morgan fingerprint density at radius 3 is 2.88 bits per heavy atom. The smallest absolute Gasteiger partial charge is 0.157 e. The van der Waals surface area contributed by atoms with E-state index in [1.807, 2.05) is 11.8 Å². The van der Waals surface area contributed by atoms with Crippen molar-refractivity contribution in [1.82, 2.24) is 5.32 Å². The molecule has 0 bridgehead atoms. The van der Waals surface area contributed by atoms with Crippen LogP contribution in [0.3, 0.4) is 0 Å². The highest BCUT2D eigenvalue weighted by Gasteiger charge is 2.17. The van der Waals surface area contributed by atoms with Crippen LogP contribution >= 0.6 is 11.8 Å². The fourth-order valence-corrected chi connectivity index (χ4v) is 3.31. The van der Waals surface area contributed by atoms with Gasteiger partial charge in [-0.25, -0.2) is 0 Å². The van der Waals surface area contributed by atoms with Crippen molar-refractivity contribution >= 4 is 16.9 Å². The summed E-state index contributed by atoms with van der Waals surface area (Å²) in [7, 11) is 0. The van der Waals surface area contributed by atoms with Gasteiger partial charge in [0, 0.05) is 11.8 Å². The highest BCUT2D eigenvalue weighted by atomic mass is 32.2. The molecule has 0 saturated heterocycles. The van der Waals surface area contributed by atoms with Crippen molar-refractivity contribution in [2.45, 2.75) is 56.8 Å². The molecule has 0 aromatic carbocycles. The second-order valence-electron chi connectivity index (χ2n) is 4.85. The van der Waals surface area contributed by atoms with E-state index in [4.69, 9.17) is 4.74 Å². The second-order valence-corrected chi connectivity index (χ2v) is 6.14. The Balaban J connectivity index is 1.51. The summed E-state index contributed by atoms with van der Waals surface area (Å²) < 4.78 is 5.87. The second kappa shape index (κ2) is 7.27. The molecule has 2 rings (SSSR count). The zero-order valence-electron chi connectivity index (χ0n) is 10.8. The molecule has 0 aromatic heterocycles. The van der Waals surface area contributed by atoms with Gasteiger partial charge in [0.05, 0.1) is 19.3 Å². The van der Waals surface area contributed by atoms with Gasteiger partial charge in [0.25, 0.3) is 0 Å². The number of amidine groups is 1. The Bertz CT molecular complexity index is 252. The molecule has 2 aliphatic rings. The predicted molar refractivity (Wildman–Crippen MR) is 74.8 cm³/mol. The van der Waals surface area contributed by atoms with E-state index >= 15 is 0 Å². The first-order chi connectivity index (χ1) is 8.38. The predicted octanol–water partition coefficient (Wildman–Crippen LogP) is 2.81. The van der Waals surface area contributed by atoms with Crippen LogP contribution in [0.1, 0.15) is 45.4 Å². The number of nitrogens with one attached hydrogen (secondary N) is 1. The van der Waals surface area contributed by atoms with E-state index in [2.05, 4.69) is 17.2 Å². The quantitative estimate of drug-likeness (QED) is 0.768. The number of aliphatic imine (C=N–C) groups is 1. The van der Waals surface area contributed by atoms with Gasteiger partial charge >= 0.3 is 0 Å². The molecule has 4 heteroatoms. The maximum Gasteiger partial charge on any atom is 0.157 e. The van der Waals surface area contributed by atoms with Crippen molar-refractivity contribution in [3.63, 3.8) is 0 Å². The van der Waals surface area contributed by atoms with Crippen molar-refractivity contribution in [1.29, 1.82) is 0 Å². The fraction of sp³-hybridized carbons (Fsp3) is 0.923. The summed E-state index contributed by atoms with van der Waals surface area (Å²) in [5.41, 5.74) is 0. The van der Waals surface area contributed by atoms with E-state index in [9.17, 15) is 0 Å². The van der Waals surface area contributed by atoms with Crippen molar-refractivity contribution in [2.24, 2.45) is 4.99 Å². The third kappa shape index (κ3) is 4.51. The van der Waals surface area contributed by atoms with Crippen molar-refractivity contribution in [3.05, 3.63) is 0 Å². The lowest BCUT2D eigenvalue weighted by atomic mass is 9.98. The summed E-state index contributed by atoms with van der Waals surface area (Å²) in [6, 6.07) is 0. The molecule has 1 saturated carbocycles. The monoisotopic (exact) mass is 256 g/mol. The Kier molecular flexibility index (Phi) is 5.65. The van der Waals surface area contributed by atoms with Crippen LogP contribution in [0.5, 0.6) is 0 Å². The molecule has 1 fully saturated rings. The van der Waals surface area contributed by atoms with Gasteiger partial charge < -0.3 is 10.1 Å². The van der Waals surface area contributed by atoms with Crippen LogP contribution in [0, 0.1) is 0 Å². The molecule has 0 aromatic rings. The normalized spacial score (nSPS) is 25.9. The van der Waals surface area contributed by atoms with Crippen molar-refractivity contribution in [3.8, 4) is 0 Å². The summed E-state index contributed by atoms with van der Waals surface area (Å²) >= 11 is 1.88. The zero-order chi connectivity index (χ0) is 11.9. The number of thioether (sulfide) groups is 1. The molecule has 17 heavy (non-hydrogen) atoms. The number of nitrogens with zero attached hydrogens (tertiary/aromatic N) is 1. The SMILES string of the molecule is CCC1CN=C(NCCOC2CCCCC2)S1. The highest BCUT2D eigenvalue weighted by molar-refractivity contribution is 8.14. The van der Waals surface area contributed by atoms with Crippen LogP contribution in [0.2, 0.25) is 0 Å². The van der Waals surface area contributed by atoms with Gasteiger partial charge in [-0.2, -0.15) is 0 Å². The lowest BCUT2D eigenvalue weighted by Gasteiger charge is -2.22. The number of hydrogen-bond acceptors (Lipinski definition) is 4. The first-order valence-electron chi connectivity index (χ1n) is 6.95. The summed E-state index contributed by atoms with van der Waals surface area (Å²) in [4.78, 5) is 4.49. The van der Waals surface area contributed by atoms with Gasteiger partial charge in [0.2, 0.25) is 0 Å². The van der Waals surface area contributed by atoms with E-state index in [0.717, 1.165) is 24.9 Å². The minimum absolute atomic E-state index is 0.520. The van der Waals surface area contributed by atoms with Crippen molar-refractivity contribution in [2.75, 3.05) is 19.7 Å². The summed E-state index contributed by atoms with van der Waals surface area (Å²) in [6.45, 7) is 4.93. The fourth-order valence-electron chi connectivity index (χ4n) is 2.34. The Morgan fingerprint density at radius 2 is 2.18 bits per heavy atom. The van der Waals surface area contributed by atoms with Crippen LogP contribution in [0.15, 0.2) is 4.99 Å². The third-order valence-electron chi connectivity index (χ3n) is 3.46. The zero-order valence-corrected chi connectivity index (χ0v) is 11.6. The van der Waals surface area contributed by atoms with Gasteiger partial charge in [-0.1, -0.05) is 37.9 Å². The molecule has 98 valence electrons. The van der Waals surface area contributed by atoms with Gasteiger partial charge in [0.1, 0.15) is 0 Å². The summed E-state index contributed by atoms with van der Waals surface area (Å²) in [5.74, 6) is 0. The Labute approximate surface area is 109 Å². The van der Waals surface area contributed by atoms with Gasteiger partial charge in [-0.15, -0.1) is 0 Å². The molecule has 1 N–H and O–H groups in total. The largest absolute Gasteiger partial charge is 0.376 e. The van der Waals surface area contributed by atoms with Gasteiger partial charge in [0.15, 0.2) is 5.17 Å². The van der Waals surface area contributed by atoms with Crippen LogP contribution < -0.4 is 5.32 Å². The summed E-state index contributed by atoms with van der Waals surface area (Å²) in [6.07, 6.45) is 8.33. The van der Waals surface area contributed by atoms with Crippen LogP contribution in [0.25, 0.3) is 0 Å². The average Bonchev–Trinajstić information content (AvgIpc) is 2.84. The Morgan fingerprint density at radius 1 is 1.35 bits per heavy atom. The molecule has 0 radical (unpaired) electrons. The van der Waals surface area contributed by atoms with Gasteiger partial charge in [-0.3, -0.25) is 4.99 Å². The third-order valence-corrected chi connectivity index (χ3v) is 4.77. The lowest BCUT2D eigenvalue weighted by molar-refractivity contribution is 0.0319. The Hall–Kier alpha value is -0.220. The number of hydrogen-bond donors (Lipinski definition) is 1. The standard InChI is InChI=1S/C13H24N2OS/c1-2-12-10-15-13(17-12)14-8-9-16-11-6-4-3-5-7-11/h11-12H,2-10H2,1H3,(H,14,15). The van der Waals surface area contributed by atoms with Crippen molar-refractivity contribution < 1.29 is 4.74 Å².